The van der Waals surface area contributed by atoms with Gasteiger partial charge in [-0.05, 0) is 18.4 Å². The summed E-state index contributed by atoms with van der Waals surface area (Å²) < 4.78 is 0. The summed E-state index contributed by atoms with van der Waals surface area (Å²) in [7, 11) is 0. The maximum Gasteiger partial charge on any atom is 0.325 e. The third-order valence-electron chi connectivity index (χ3n) is 5.46. The predicted molar refractivity (Wildman–Crippen MR) is 135 cm³/mol. The number of hydrogen-bond donors (Lipinski definition) is 8. The molecular formula is C24H36N6O8. The van der Waals surface area contributed by atoms with Crippen LogP contribution in [0.3, 0.4) is 0 Å². The van der Waals surface area contributed by atoms with Crippen molar-refractivity contribution in [2.75, 3.05) is 6.61 Å². The summed E-state index contributed by atoms with van der Waals surface area (Å²) in [6, 6.07) is 2.23. The Morgan fingerprint density at radius 2 is 1.37 bits per heavy atom. The van der Waals surface area contributed by atoms with Gasteiger partial charge in [-0.15, -0.1) is 0 Å². The molecule has 0 heterocycles. The highest BCUT2D eigenvalue weighted by molar-refractivity contribution is 5.97. The zero-order valence-corrected chi connectivity index (χ0v) is 21.5. The molecule has 14 heteroatoms. The van der Waals surface area contributed by atoms with Gasteiger partial charge in [0.1, 0.15) is 30.2 Å². The quantitative estimate of drug-likeness (QED) is 0.115. The zero-order chi connectivity index (χ0) is 29.0. The van der Waals surface area contributed by atoms with Crippen LogP contribution in [-0.2, 0) is 35.2 Å². The topological polar surface area (TPSA) is 243 Å². The fourth-order valence-electron chi connectivity index (χ4n) is 3.26. The highest BCUT2D eigenvalue weighted by Gasteiger charge is 2.33. The van der Waals surface area contributed by atoms with Crippen molar-refractivity contribution in [3.05, 3.63) is 35.9 Å². The van der Waals surface area contributed by atoms with E-state index < -0.39 is 84.7 Å². The van der Waals surface area contributed by atoms with Gasteiger partial charge in [-0.25, -0.2) is 0 Å². The number of carbonyl (C=O) groups is 6. The van der Waals surface area contributed by atoms with E-state index in [0.29, 0.717) is 5.56 Å². The fraction of sp³-hybridized carbons (Fsp3) is 0.500. The third kappa shape index (κ3) is 10.5. The van der Waals surface area contributed by atoms with Gasteiger partial charge in [0, 0.05) is 6.42 Å². The Hall–Kier alpha value is -4.04. The third-order valence-corrected chi connectivity index (χ3v) is 5.46. The van der Waals surface area contributed by atoms with Gasteiger partial charge in [0.25, 0.3) is 0 Å². The smallest absolute Gasteiger partial charge is 0.325 e. The number of amides is 5. The van der Waals surface area contributed by atoms with Gasteiger partial charge < -0.3 is 42.9 Å². The van der Waals surface area contributed by atoms with E-state index in [1.807, 2.05) is 0 Å². The van der Waals surface area contributed by atoms with E-state index in [1.54, 1.807) is 44.2 Å². The summed E-state index contributed by atoms with van der Waals surface area (Å²) in [5, 5.41) is 27.7. The summed E-state index contributed by atoms with van der Waals surface area (Å²) in [4.78, 5) is 73.7. The minimum absolute atomic E-state index is 0.0307. The largest absolute Gasteiger partial charge is 0.480 e. The highest BCUT2D eigenvalue weighted by Crippen LogP contribution is 2.08. The van der Waals surface area contributed by atoms with Gasteiger partial charge in [0.2, 0.25) is 29.5 Å². The molecule has 210 valence electrons. The van der Waals surface area contributed by atoms with Gasteiger partial charge in [-0.2, -0.15) is 0 Å². The number of carboxylic acid groups (broad SMARTS) is 1. The fourth-order valence-corrected chi connectivity index (χ4v) is 3.26. The minimum atomic E-state index is -1.48. The maximum atomic E-state index is 13.2. The van der Waals surface area contributed by atoms with Crippen molar-refractivity contribution in [2.24, 2.45) is 17.4 Å². The van der Waals surface area contributed by atoms with Crippen molar-refractivity contribution < 1.29 is 39.0 Å². The summed E-state index contributed by atoms with van der Waals surface area (Å²) in [6.07, 6.45) is -0.572. The molecule has 0 aliphatic heterocycles. The van der Waals surface area contributed by atoms with E-state index in [0.717, 1.165) is 0 Å². The normalized spacial score (nSPS) is 14.8. The van der Waals surface area contributed by atoms with E-state index in [1.165, 1.54) is 6.92 Å². The van der Waals surface area contributed by atoms with Gasteiger partial charge in [-0.1, -0.05) is 44.2 Å². The molecule has 5 amide bonds. The molecule has 1 aromatic rings. The van der Waals surface area contributed by atoms with Crippen LogP contribution < -0.4 is 32.7 Å². The van der Waals surface area contributed by atoms with Crippen molar-refractivity contribution in [1.29, 1.82) is 0 Å². The van der Waals surface area contributed by atoms with E-state index in [4.69, 9.17) is 21.7 Å². The second kappa shape index (κ2) is 15.3. The lowest BCUT2D eigenvalue weighted by Gasteiger charge is -2.27. The number of benzene rings is 1. The van der Waals surface area contributed by atoms with Crippen LogP contribution in [0.25, 0.3) is 0 Å². The monoisotopic (exact) mass is 536 g/mol. The van der Waals surface area contributed by atoms with Gasteiger partial charge >= 0.3 is 5.97 Å². The SMILES string of the molecule is CC(C)[C@H](NC(=O)[C@H](CC(N)=O)NC(=O)[C@@H](N)CO)C(=O)N[C@@H](Cc1ccccc1)C(=O)N[C@@H](C)C(=O)O. The number of aliphatic hydroxyl groups is 1. The van der Waals surface area contributed by atoms with Crippen LogP contribution >= 0.6 is 0 Å². The first-order chi connectivity index (χ1) is 17.8. The first-order valence-electron chi connectivity index (χ1n) is 11.9. The highest BCUT2D eigenvalue weighted by atomic mass is 16.4. The number of nitrogens with two attached hydrogens (primary N) is 2. The second-order valence-corrected chi connectivity index (χ2v) is 9.07. The average Bonchev–Trinajstić information content (AvgIpc) is 2.85. The molecule has 5 atom stereocenters. The van der Waals surface area contributed by atoms with Gasteiger partial charge in [-0.3, -0.25) is 28.8 Å². The number of hydrogen-bond acceptors (Lipinski definition) is 8. The predicted octanol–water partition coefficient (Wildman–Crippen LogP) is -2.88. The molecule has 0 radical (unpaired) electrons. The first kappa shape index (κ1) is 32.0. The van der Waals surface area contributed by atoms with Crippen molar-refractivity contribution in [3.8, 4) is 0 Å². The van der Waals surface area contributed by atoms with Crippen LogP contribution in [-0.4, -0.2) is 82.5 Å². The van der Waals surface area contributed by atoms with Gasteiger partial charge in [0.15, 0.2) is 0 Å². The molecule has 0 spiro atoms. The zero-order valence-electron chi connectivity index (χ0n) is 21.5. The molecule has 0 aliphatic rings. The molecule has 10 N–H and O–H groups in total. The molecule has 0 aromatic heterocycles. The molecule has 0 saturated heterocycles. The Labute approximate surface area is 219 Å². The molecule has 1 aromatic carbocycles. The lowest BCUT2D eigenvalue weighted by atomic mass is 10.00. The van der Waals surface area contributed by atoms with E-state index >= 15 is 0 Å². The number of nitrogens with one attached hydrogen (secondary N) is 4. The Morgan fingerprint density at radius 3 is 1.87 bits per heavy atom. The molecule has 1 rings (SSSR count). The number of rotatable bonds is 15. The van der Waals surface area contributed by atoms with E-state index in [-0.39, 0.29) is 6.42 Å². The molecule has 0 saturated carbocycles. The van der Waals surface area contributed by atoms with Gasteiger partial charge in [0.05, 0.1) is 13.0 Å². The van der Waals surface area contributed by atoms with Crippen molar-refractivity contribution in [3.63, 3.8) is 0 Å². The molecule has 0 fully saturated rings. The minimum Gasteiger partial charge on any atom is -0.480 e. The summed E-state index contributed by atoms with van der Waals surface area (Å²) in [5.41, 5.74) is 11.3. The number of carboxylic acids is 1. The summed E-state index contributed by atoms with van der Waals surface area (Å²) >= 11 is 0. The Bertz CT molecular complexity index is 1000. The molecular weight excluding hydrogens is 500 g/mol. The van der Waals surface area contributed by atoms with Crippen LogP contribution in [0.2, 0.25) is 0 Å². The standard InChI is InChI=1S/C24H36N6O8/c1-12(2)19(30-22(35)17(10-18(26)32)28-20(33)15(25)11-31)23(36)29-16(9-14-7-5-4-6-8-14)21(34)27-13(3)24(37)38/h4-8,12-13,15-17,19,31H,9-11,25H2,1-3H3,(H2,26,32)(H,27,34)(H,28,33)(H,29,36)(H,30,35)(H,37,38)/t13-,15-,16-,17-,19-/m0/s1. The average molecular weight is 537 g/mol. The summed E-state index contributed by atoms with van der Waals surface area (Å²) in [6.45, 7) is 3.80. The number of primary amides is 1. The first-order valence-corrected chi connectivity index (χ1v) is 11.9. The lowest BCUT2D eigenvalue weighted by Crippen LogP contribution is -2.60. The number of aliphatic hydroxyl groups excluding tert-OH is 1. The van der Waals surface area contributed by atoms with Crippen LogP contribution in [0, 0.1) is 5.92 Å². The van der Waals surface area contributed by atoms with Crippen LogP contribution in [0.15, 0.2) is 30.3 Å². The van der Waals surface area contributed by atoms with Crippen LogP contribution in [0.4, 0.5) is 0 Å². The molecule has 0 bridgehead atoms. The van der Waals surface area contributed by atoms with Crippen LogP contribution in [0.1, 0.15) is 32.8 Å². The maximum absolute atomic E-state index is 13.2. The number of aliphatic carboxylic acids is 1. The van der Waals surface area contributed by atoms with Crippen LogP contribution in [0.5, 0.6) is 0 Å². The van der Waals surface area contributed by atoms with Crippen molar-refractivity contribution >= 4 is 35.5 Å². The Morgan fingerprint density at radius 1 is 0.816 bits per heavy atom. The van der Waals surface area contributed by atoms with E-state index in [9.17, 15) is 28.8 Å². The number of carbonyl (C=O) groups excluding carboxylic acids is 5. The lowest BCUT2D eigenvalue weighted by molar-refractivity contribution is -0.141. The molecule has 38 heavy (non-hydrogen) atoms. The Balaban J connectivity index is 3.12. The second-order valence-electron chi connectivity index (χ2n) is 9.07. The molecule has 14 nitrogen and oxygen atoms in total. The van der Waals surface area contributed by atoms with Crippen molar-refractivity contribution in [1.82, 2.24) is 21.3 Å². The molecule has 0 unspecified atom stereocenters. The summed E-state index contributed by atoms with van der Waals surface area (Å²) in [5.74, 6) is -6.03. The van der Waals surface area contributed by atoms with Crippen molar-refractivity contribution in [2.45, 2.75) is 63.8 Å². The Kier molecular flexibility index (Phi) is 12.9. The molecule has 0 aliphatic carbocycles. The van der Waals surface area contributed by atoms with E-state index in [2.05, 4.69) is 21.3 Å².